The van der Waals surface area contributed by atoms with E-state index in [1.54, 1.807) is 11.1 Å². The second-order valence-electron chi connectivity index (χ2n) is 21.6. The number of hydroxylamine groups is 2. The summed E-state index contributed by atoms with van der Waals surface area (Å²) in [6.07, 6.45) is 26.6. The maximum atomic E-state index is 11.8. The fraction of sp³-hybridized carbons (Fsp3) is 0.431. The van der Waals surface area contributed by atoms with Gasteiger partial charge < -0.3 is 44.7 Å². The quantitative estimate of drug-likeness (QED) is 0.0765. The van der Waals surface area contributed by atoms with Crippen molar-refractivity contribution in [3.05, 3.63) is 96.1 Å². The number of rotatable bonds is 10. The van der Waals surface area contributed by atoms with Crippen LogP contribution in [0.25, 0.3) is 43.9 Å². The maximum absolute atomic E-state index is 11.8. The molecule has 2 saturated carbocycles. The zero-order chi connectivity index (χ0) is 56.1. The summed E-state index contributed by atoms with van der Waals surface area (Å²) >= 11 is 0. The van der Waals surface area contributed by atoms with Gasteiger partial charge in [0, 0.05) is 110 Å². The first kappa shape index (κ1) is 54.4. The minimum absolute atomic E-state index is 0.0275. The Morgan fingerprint density at radius 1 is 0.654 bits per heavy atom. The van der Waals surface area contributed by atoms with Crippen molar-refractivity contribution < 1.29 is 38.7 Å². The third-order valence-electron chi connectivity index (χ3n) is 16.0. The number of carbonyl (C=O) groups is 5. The number of aromatic nitrogens is 10. The van der Waals surface area contributed by atoms with Crippen LogP contribution in [0.1, 0.15) is 119 Å². The standard InChI is InChI=1S/C26H29N7O2.C24H27N7.C8H9NO6/c1-16-2-4-19(5-3-16)33-22-13-27-8-6-20(22)21-12-29-26(31-25(21)33)30-23-10-17-7-9-32(24(35)15-34)14-18(17)11-28-23;1-15-2-4-18(5-3-15)31-21-14-26-9-7-19(21)20-13-28-24(30-23(20)31)29-22-10-16-6-8-25-11-17(16)12-27-22;1-5(10)14-4-8(13)15-9-6(11)2-3-7(9)12/h6,8,10-13,16,19,34H,2-5,7,9,14-15H2,1H3,(H,28,29,30,31);7,9-10,12-15,18,25H,2-6,8,11H2,1H3,(H,27,28,29,30);2-4H2,1H3. The summed E-state index contributed by atoms with van der Waals surface area (Å²) in [6.45, 7) is 7.69. The summed E-state index contributed by atoms with van der Waals surface area (Å²) in [5.74, 6) is 1.16. The molecule has 0 unspecified atom stereocenters. The SMILES string of the molecule is CC(=O)OCC(=O)ON1C(=O)CCC1=O.CC1CCC(n2c3cnccc3c3cnc(Nc4cc5c(cn4)CN(C(=O)CO)CC5)nc32)CC1.CC1CCC(n2c3cnccc3c3cnc(Nc4cc5c(cn4)CNCC5)nc32)CC1. The molecule has 23 heteroatoms. The lowest BCUT2D eigenvalue weighted by Gasteiger charge is -2.28. The zero-order valence-corrected chi connectivity index (χ0v) is 45.6. The number of imide groups is 1. The maximum Gasteiger partial charge on any atom is 0.370 e. The Hall–Kier alpha value is -8.57. The number of fused-ring (bicyclic) bond motifs is 8. The van der Waals surface area contributed by atoms with Crippen molar-refractivity contribution in [2.24, 2.45) is 11.8 Å². The second-order valence-corrected chi connectivity index (χ2v) is 21.6. The second kappa shape index (κ2) is 24.0. The molecule has 23 nitrogen and oxygen atoms in total. The fourth-order valence-corrected chi connectivity index (χ4v) is 11.6. The molecule has 0 radical (unpaired) electrons. The van der Waals surface area contributed by atoms with Crippen LogP contribution in [0, 0.1) is 11.8 Å². The van der Waals surface area contributed by atoms with Gasteiger partial charge in [0.15, 0.2) is 6.61 Å². The van der Waals surface area contributed by atoms with Crippen LogP contribution in [-0.4, -0.2) is 120 Å². The molecular weight excluding hydrogens is 1030 g/mol. The molecule has 3 aliphatic heterocycles. The highest BCUT2D eigenvalue weighted by Gasteiger charge is 2.33. The number of ether oxygens (including phenoxy) is 1. The molecule has 81 heavy (non-hydrogen) atoms. The number of aliphatic hydroxyl groups excluding tert-OH is 1. The van der Waals surface area contributed by atoms with Crippen LogP contribution in [0.4, 0.5) is 23.5 Å². The van der Waals surface area contributed by atoms with E-state index >= 15 is 0 Å². The first-order valence-corrected chi connectivity index (χ1v) is 27.9. The van der Waals surface area contributed by atoms with Gasteiger partial charge in [-0.3, -0.25) is 29.1 Å². The summed E-state index contributed by atoms with van der Waals surface area (Å²) in [7, 11) is 0. The van der Waals surface area contributed by atoms with Crippen molar-refractivity contribution >= 4 is 97.1 Å². The molecular formula is C58H65N15O8. The number of esters is 1. The normalized spacial score (nSPS) is 19.8. The van der Waals surface area contributed by atoms with Crippen LogP contribution in [0.2, 0.25) is 0 Å². The van der Waals surface area contributed by atoms with Crippen molar-refractivity contribution in [1.29, 1.82) is 0 Å². The number of pyridine rings is 4. The lowest BCUT2D eigenvalue weighted by molar-refractivity contribution is -0.200. The first-order chi connectivity index (χ1) is 39.4. The number of nitrogens with one attached hydrogen (secondary N) is 3. The Bertz CT molecular complexity index is 3660. The summed E-state index contributed by atoms with van der Waals surface area (Å²) < 4.78 is 9.09. The van der Waals surface area contributed by atoms with Crippen LogP contribution < -0.4 is 16.0 Å². The Labute approximate surface area is 466 Å². The third kappa shape index (κ3) is 12.0. The average Bonchev–Trinajstić information content (AvgIpc) is 4.00. The Balaban J connectivity index is 0.000000138. The average molecular weight is 1100 g/mol. The Kier molecular flexibility index (Phi) is 16.1. The molecule has 4 N–H and O–H groups in total. The number of amides is 3. The van der Waals surface area contributed by atoms with Gasteiger partial charge >= 0.3 is 11.9 Å². The third-order valence-corrected chi connectivity index (χ3v) is 16.0. The molecule has 13 rings (SSSR count). The molecule has 2 aliphatic carbocycles. The lowest BCUT2D eigenvalue weighted by atomic mass is 9.87. The van der Waals surface area contributed by atoms with Crippen molar-refractivity contribution in [3.63, 3.8) is 0 Å². The van der Waals surface area contributed by atoms with E-state index in [0.717, 1.165) is 113 Å². The minimum atomic E-state index is -0.964. The molecule has 5 aliphatic rings. The summed E-state index contributed by atoms with van der Waals surface area (Å²) in [5.41, 5.74) is 8.94. The smallest absolute Gasteiger partial charge is 0.370 e. The van der Waals surface area contributed by atoms with Gasteiger partial charge in [0.05, 0.1) is 23.4 Å². The lowest BCUT2D eigenvalue weighted by Crippen LogP contribution is -2.37. The monoisotopic (exact) mass is 1100 g/mol. The molecule has 0 bridgehead atoms. The number of aliphatic hydroxyl groups is 1. The van der Waals surface area contributed by atoms with Gasteiger partial charge in [0.1, 0.15) is 29.5 Å². The molecule has 8 aromatic heterocycles. The highest BCUT2D eigenvalue weighted by molar-refractivity contribution is 6.07. The van der Waals surface area contributed by atoms with E-state index in [9.17, 15) is 24.0 Å². The number of anilines is 4. The highest BCUT2D eigenvalue weighted by atomic mass is 16.7. The predicted molar refractivity (Wildman–Crippen MR) is 299 cm³/mol. The van der Waals surface area contributed by atoms with Gasteiger partial charge in [-0.25, -0.2) is 24.7 Å². The summed E-state index contributed by atoms with van der Waals surface area (Å²) in [5, 5.41) is 24.0. The molecule has 0 spiro atoms. The van der Waals surface area contributed by atoms with E-state index in [0.29, 0.717) is 48.0 Å². The van der Waals surface area contributed by atoms with Gasteiger partial charge in [-0.1, -0.05) is 13.8 Å². The largest absolute Gasteiger partial charge is 0.454 e. The van der Waals surface area contributed by atoms with Crippen LogP contribution >= 0.6 is 0 Å². The molecule has 11 heterocycles. The molecule has 1 saturated heterocycles. The van der Waals surface area contributed by atoms with E-state index in [1.807, 2.05) is 55.5 Å². The van der Waals surface area contributed by atoms with Gasteiger partial charge in [0.25, 0.3) is 11.8 Å². The Morgan fingerprint density at radius 3 is 1.72 bits per heavy atom. The fourth-order valence-electron chi connectivity index (χ4n) is 11.6. The first-order valence-electron chi connectivity index (χ1n) is 27.9. The molecule has 8 aromatic rings. The van der Waals surface area contributed by atoms with E-state index < -0.39 is 37.0 Å². The van der Waals surface area contributed by atoms with Crippen molar-refractivity contribution in [2.45, 2.75) is 123 Å². The van der Waals surface area contributed by atoms with Gasteiger partial charge in [-0.05, 0) is 129 Å². The van der Waals surface area contributed by atoms with Crippen LogP contribution in [-0.2, 0) is 59.5 Å². The zero-order valence-electron chi connectivity index (χ0n) is 45.6. The van der Waals surface area contributed by atoms with E-state index in [1.165, 1.54) is 55.0 Å². The van der Waals surface area contributed by atoms with Gasteiger partial charge in [-0.15, -0.1) is 5.06 Å². The topological polar surface area (TPSA) is 280 Å². The van der Waals surface area contributed by atoms with Crippen molar-refractivity contribution in [1.82, 2.24) is 64.3 Å². The highest BCUT2D eigenvalue weighted by Crippen LogP contribution is 2.40. The summed E-state index contributed by atoms with van der Waals surface area (Å²) in [6, 6.07) is 9.13. The number of hydrogen-bond acceptors (Lipinski definition) is 19. The number of nitrogens with zero attached hydrogens (tertiary/aromatic N) is 12. The van der Waals surface area contributed by atoms with E-state index in [2.05, 4.69) is 90.5 Å². The van der Waals surface area contributed by atoms with E-state index in [4.69, 9.17) is 15.1 Å². The molecule has 3 fully saturated rings. The Morgan fingerprint density at radius 2 is 1.19 bits per heavy atom. The summed E-state index contributed by atoms with van der Waals surface area (Å²) in [4.78, 5) is 98.2. The molecule has 420 valence electrons. The number of carbonyl (C=O) groups excluding carboxylic acids is 5. The van der Waals surface area contributed by atoms with Crippen LogP contribution in [0.3, 0.4) is 0 Å². The van der Waals surface area contributed by atoms with Crippen LogP contribution in [0.15, 0.2) is 73.8 Å². The van der Waals surface area contributed by atoms with Gasteiger partial charge in [0.2, 0.25) is 17.8 Å². The van der Waals surface area contributed by atoms with E-state index in [-0.39, 0.29) is 18.7 Å². The predicted octanol–water partition coefficient (Wildman–Crippen LogP) is 7.42. The van der Waals surface area contributed by atoms with Crippen molar-refractivity contribution in [3.8, 4) is 0 Å². The van der Waals surface area contributed by atoms with Crippen molar-refractivity contribution in [2.75, 3.05) is 36.9 Å². The number of hydrogen-bond donors (Lipinski definition) is 4. The van der Waals surface area contributed by atoms with Crippen LogP contribution in [0.5, 0.6) is 0 Å². The van der Waals surface area contributed by atoms with Gasteiger partial charge in [-0.2, -0.15) is 9.97 Å². The molecule has 0 atom stereocenters. The molecule has 3 amide bonds. The molecule has 0 aromatic carbocycles. The minimum Gasteiger partial charge on any atom is -0.454 e.